The Morgan fingerprint density at radius 1 is 0.420 bits per heavy atom. The third-order valence-electron chi connectivity index (χ3n) is 13.9. The molecule has 3 aromatic heterocycles. The van der Waals surface area contributed by atoms with Gasteiger partial charge in [-0.1, -0.05) is 174 Å². The van der Waals surface area contributed by atoms with Crippen molar-refractivity contribution >= 4 is 32.8 Å². The van der Waals surface area contributed by atoms with Gasteiger partial charge in [-0.2, -0.15) is 0 Å². The molecule has 0 radical (unpaired) electrons. The molecule has 0 spiro atoms. The van der Waals surface area contributed by atoms with E-state index in [1.807, 2.05) is 24.4 Å². The summed E-state index contributed by atoms with van der Waals surface area (Å²) in [7, 11) is 0. The molecule has 0 amide bonds. The average molecular weight is 905 g/mol. The lowest BCUT2D eigenvalue weighted by molar-refractivity contribution is 0.477. The average Bonchev–Trinajstić information content (AvgIpc) is 3.87. The fourth-order valence-corrected chi connectivity index (χ4v) is 10.1. The van der Waals surface area contributed by atoms with Gasteiger partial charge in [-0.05, 0) is 122 Å². The molecular weight excluding hydrogens is 841 g/mol. The Morgan fingerprint density at radius 3 is 1.68 bits per heavy atom. The molecule has 1 N–H and O–H groups in total. The van der Waals surface area contributed by atoms with Gasteiger partial charge in [-0.15, -0.1) is 0 Å². The molecule has 0 saturated carbocycles. The van der Waals surface area contributed by atoms with E-state index in [2.05, 4.69) is 226 Å². The van der Waals surface area contributed by atoms with Gasteiger partial charge in [0.1, 0.15) is 11.6 Å². The number of nitrogens with zero attached hydrogens (tertiary/aromatic N) is 4. The summed E-state index contributed by atoms with van der Waals surface area (Å²) < 4.78 is 4.67. The number of fused-ring (bicyclic) bond motifs is 4. The van der Waals surface area contributed by atoms with Crippen LogP contribution in [0.2, 0.25) is 0 Å². The lowest BCUT2D eigenvalue weighted by Crippen LogP contribution is -2.19. The molecule has 0 saturated heterocycles. The first kappa shape index (κ1) is 45.5. The van der Waals surface area contributed by atoms with Crippen molar-refractivity contribution in [2.75, 3.05) is 0 Å². The first-order chi connectivity index (χ1) is 32.7. The molecule has 10 aromatic rings. The molecule has 346 valence electrons. The van der Waals surface area contributed by atoms with E-state index in [0.29, 0.717) is 11.4 Å². The van der Waals surface area contributed by atoms with Crippen molar-refractivity contribution in [1.29, 1.82) is 0 Å². The number of phenols is 1. The minimum absolute atomic E-state index is 0.0996. The first-order valence-electron chi connectivity index (χ1n) is 24.4. The van der Waals surface area contributed by atoms with Crippen molar-refractivity contribution in [2.24, 2.45) is 0 Å². The van der Waals surface area contributed by atoms with Gasteiger partial charge in [0.25, 0.3) is 0 Å². The molecule has 0 aliphatic carbocycles. The smallest absolute Gasteiger partial charge is 0.149 e. The van der Waals surface area contributed by atoms with Crippen LogP contribution in [-0.2, 0) is 21.7 Å². The molecule has 7 aromatic carbocycles. The third kappa shape index (κ3) is 8.12. The number of aromatic hydroxyl groups is 1. The summed E-state index contributed by atoms with van der Waals surface area (Å²) in [5, 5.41) is 14.0. The molecule has 0 atom stereocenters. The van der Waals surface area contributed by atoms with E-state index in [-0.39, 0.29) is 27.4 Å². The normalized spacial score (nSPS) is 12.7. The lowest BCUT2D eigenvalue weighted by atomic mass is 9.74. The Morgan fingerprint density at radius 2 is 1.00 bits per heavy atom. The van der Waals surface area contributed by atoms with Gasteiger partial charge in [0.2, 0.25) is 0 Å². The van der Waals surface area contributed by atoms with Crippen molar-refractivity contribution in [1.82, 2.24) is 19.1 Å². The zero-order valence-corrected chi connectivity index (χ0v) is 42.3. The molecular formula is C64H64N4O. The first-order valence-corrected chi connectivity index (χ1v) is 24.4. The van der Waals surface area contributed by atoms with Crippen molar-refractivity contribution < 1.29 is 5.11 Å². The molecule has 3 heterocycles. The Balaban J connectivity index is 1.24. The number of imidazole rings is 1. The highest BCUT2D eigenvalue weighted by Crippen LogP contribution is 2.46. The van der Waals surface area contributed by atoms with Gasteiger partial charge in [0.05, 0.1) is 33.3 Å². The highest BCUT2D eigenvalue weighted by Gasteiger charge is 2.30. The van der Waals surface area contributed by atoms with Gasteiger partial charge >= 0.3 is 0 Å². The summed E-state index contributed by atoms with van der Waals surface area (Å²) in [5.74, 6) is 0.887. The summed E-state index contributed by atoms with van der Waals surface area (Å²) in [6.07, 6.45) is 1.97. The Hall–Kier alpha value is -7.24. The molecule has 0 aliphatic heterocycles. The van der Waals surface area contributed by atoms with Crippen LogP contribution >= 0.6 is 0 Å². The predicted octanol–water partition coefficient (Wildman–Crippen LogP) is 17.1. The van der Waals surface area contributed by atoms with Gasteiger partial charge in [0.15, 0.2) is 0 Å². The zero-order valence-electron chi connectivity index (χ0n) is 42.3. The molecule has 5 heteroatoms. The standard InChI is InChI=1S/C64H64N4O/c1-61(2,3)41-35-42(62(4,5)6)37-44(36-41)68-56-30-21-27-47(58(56)66-60(68)49-25-17-19-31-57(49)69)50-38-51(53(64(10,11)12)39-52(50)63(7,8)9)54-34-40(32-33-65-54)45-26-20-28-48-46-24-16-18-29-55(46)67(59(45)48)43-22-14-13-15-23-43/h13-39,69H,1-12H3. The number of rotatable bonds is 6. The molecule has 0 aliphatic rings. The Kier molecular flexibility index (Phi) is 10.9. The molecule has 0 bridgehead atoms. The van der Waals surface area contributed by atoms with Gasteiger partial charge < -0.3 is 9.67 Å². The van der Waals surface area contributed by atoms with Crippen LogP contribution in [0.4, 0.5) is 0 Å². The number of aromatic nitrogens is 4. The molecule has 69 heavy (non-hydrogen) atoms. The molecule has 0 unspecified atom stereocenters. The Bertz CT molecular complexity index is 3560. The van der Waals surface area contributed by atoms with Crippen LogP contribution in [0.1, 0.15) is 105 Å². The minimum atomic E-state index is -0.225. The number of pyridine rings is 1. The Labute approximate surface area is 408 Å². The molecule has 5 nitrogen and oxygen atoms in total. The lowest BCUT2D eigenvalue weighted by Gasteiger charge is -2.30. The maximum absolute atomic E-state index is 11.5. The largest absolute Gasteiger partial charge is 0.507 e. The summed E-state index contributed by atoms with van der Waals surface area (Å²) in [5.41, 5.74) is 17.8. The van der Waals surface area contributed by atoms with Crippen LogP contribution < -0.4 is 0 Å². The van der Waals surface area contributed by atoms with Gasteiger partial charge in [-0.25, -0.2) is 4.98 Å². The van der Waals surface area contributed by atoms with Crippen LogP contribution in [0.5, 0.6) is 5.75 Å². The fraction of sp³-hybridized carbons (Fsp3) is 0.250. The summed E-state index contributed by atoms with van der Waals surface area (Å²) in [6.45, 7) is 27.5. The van der Waals surface area contributed by atoms with Crippen LogP contribution in [-0.4, -0.2) is 24.2 Å². The number of benzene rings is 7. The van der Waals surface area contributed by atoms with Crippen molar-refractivity contribution in [3.63, 3.8) is 0 Å². The quantitative estimate of drug-likeness (QED) is 0.181. The third-order valence-corrected chi connectivity index (χ3v) is 13.9. The van der Waals surface area contributed by atoms with Gasteiger partial charge in [-0.3, -0.25) is 9.55 Å². The van der Waals surface area contributed by atoms with E-state index in [1.54, 1.807) is 6.07 Å². The summed E-state index contributed by atoms with van der Waals surface area (Å²) >= 11 is 0. The van der Waals surface area contributed by atoms with E-state index in [9.17, 15) is 5.11 Å². The monoisotopic (exact) mass is 905 g/mol. The second kappa shape index (κ2) is 16.5. The maximum atomic E-state index is 11.5. The number of hydrogen-bond acceptors (Lipinski definition) is 3. The number of phenolic OH excluding ortho intramolecular Hbond substituents is 1. The second-order valence-corrected chi connectivity index (χ2v) is 23.0. The van der Waals surface area contributed by atoms with Crippen molar-refractivity contribution in [2.45, 2.75) is 105 Å². The van der Waals surface area contributed by atoms with Crippen LogP contribution in [0.25, 0.3) is 89.1 Å². The van der Waals surface area contributed by atoms with E-state index in [4.69, 9.17) is 9.97 Å². The van der Waals surface area contributed by atoms with Crippen LogP contribution in [0, 0.1) is 0 Å². The van der Waals surface area contributed by atoms with Crippen molar-refractivity contribution in [3.8, 4) is 62.0 Å². The zero-order chi connectivity index (χ0) is 48.8. The molecule has 10 rings (SSSR count). The second-order valence-electron chi connectivity index (χ2n) is 23.0. The van der Waals surface area contributed by atoms with E-state index >= 15 is 0 Å². The van der Waals surface area contributed by atoms with E-state index in [0.717, 1.165) is 55.9 Å². The SMILES string of the molecule is CC(C)(C)c1cc(-n2c(-c3ccccc3O)nc3c(-c4cc(-c5cc(-c6cccc7c8ccccc8n(-c8ccccc8)c67)ccn5)c(C(C)(C)C)cc4C(C)(C)C)cccc32)cc(C(C)(C)C)c1. The predicted molar refractivity (Wildman–Crippen MR) is 291 cm³/mol. The number of hydrogen-bond donors (Lipinski definition) is 1. The highest BCUT2D eigenvalue weighted by molar-refractivity contribution is 6.14. The van der Waals surface area contributed by atoms with E-state index < -0.39 is 0 Å². The minimum Gasteiger partial charge on any atom is -0.507 e. The fourth-order valence-electron chi connectivity index (χ4n) is 10.1. The van der Waals surface area contributed by atoms with E-state index in [1.165, 1.54) is 44.1 Å². The number of para-hydroxylation sites is 5. The maximum Gasteiger partial charge on any atom is 0.149 e. The summed E-state index contributed by atoms with van der Waals surface area (Å²) in [4.78, 5) is 10.8. The van der Waals surface area contributed by atoms with Crippen LogP contribution in [0.3, 0.4) is 0 Å². The molecule has 0 fully saturated rings. The topological polar surface area (TPSA) is 55.9 Å². The van der Waals surface area contributed by atoms with Crippen LogP contribution in [0.15, 0.2) is 164 Å². The van der Waals surface area contributed by atoms with Crippen molar-refractivity contribution in [3.05, 3.63) is 186 Å². The van der Waals surface area contributed by atoms with Gasteiger partial charge in [0, 0.05) is 45.0 Å². The highest BCUT2D eigenvalue weighted by atomic mass is 16.3. The summed E-state index contributed by atoms with van der Waals surface area (Å²) in [6, 6.07) is 56.4.